The molecule has 114 valence electrons. The first-order valence-electron chi connectivity index (χ1n) is 6.03. The Morgan fingerprint density at radius 3 is 2.75 bits per heavy atom. The number of azide groups is 1. The van der Waals surface area contributed by atoms with Crippen molar-refractivity contribution in [3.8, 4) is 0 Å². The molecule has 10 nitrogen and oxygen atoms in total. The van der Waals surface area contributed by atoms with E-state index >= 15 is 0 Å². The van der Waals surface area contributed by atoms with Crippen LogP contribution in [-0.2, 0) is 14.3 Å². The molecule has 20 heavy (non-hydrogen) atoms. The molecule has 4 N–H and O–H groups in total. The number of rotatable bonds is 6. The van der Waals surface area contributed by atoms with Crippen LogP contribution in [0.25, 0.3) is 10.4 Å². The number of aliphatic hydroxyl groups is 3. The highest BCUT2D eigenvalue weighted by molar-refractivity contribution is 5.73. The number of aliphatic hydroxyl groups excluding tert-OH is 3. The van der Waals surface area contributed by atoms with Gasteiger partial charge >= 0.3 is 0 Å². The van der Waals surface area contributed by atoms with Crippen LogP contribution < -0.4 is 5.32 Å². The highest BCUT2D eigenvalue weighted by Crippen LogP contribution is 2.22. The molecule has 0 bridgehead atoms. The molecule has 1 fully saturated rings. The minimum atomic E-state index is -1.35. The van der Waals surface area contributed by atoms with E-state index in [1.807, 2.05) is 0 Å². The van der Waals surface area contributed by atoms with Gasteiger partial charge in [-0.1, -0.05) is 5.11 Å². The van der Waals surface area contributed by atoms with Crippen LogP contribution in [0.4, 0.5) is 0 Å². The van der Waals surface area contributed by atoms with E-state index in [1.165, 1.54) is 6.92 Å². The summed E-state index contributed by atoms with van der Waals surface area (Å²) in [4.78, 5) is 13.7. The smallest absolute Gasteiger partial charge is 0.217 e. The monoisotopic (exact) mass is 290 g/mol. The Kier molecular flexibility index (Phi) is 6.65. The second-order valence-electron chi connectivity index (χ2n) is 4.26. The van der Waals surface area contributed by atoms with Crippen LogP contribution in [0.5, 0.6) is 0 Å². The van der Waals surface area contributed by atoms with E-state index < -0.39 is 43.2 Å². The highest BCUT2D eigenvalue weighted by Gasteiger charge is 2.45. The molecule has 0 aromatic rings. The third-order valence-electron chi connectivity index (χ3n) is 2.79. The quantitative estimate of drug-likeness (QED) is 0.197. The van der Waals surface area contributed by atoms with Crippen molar-refractivity contribution in [3.05, 3.63) is 10.4 Å². The molecule has 1 aliphatic heterocycles. The Hall–Kier alpha value is -1.42. The summed E-state index contributed by atoms with van der Waals surface area (Å²) < 4.78 is 10.5. The summed E-state index contributed by atoms with van der Waals surface area (Å²) >= 11 is 0. The third kappa shape index (κ3) is 4.30. The highest BCUT2D eigenvalue weighted by atomic mass is 16.7. The fraction of sp³-hybridized carbons (Fsp3) is 0.900. The molecule has 1 saturated heterocycles. The summed E-state index contributed by atoms with van der Waals surface area (Å²) in [5, 5.41) is 34.4. The van der Waals surface area contributed by atoms with Gasteiger partial charge in [0.05, 0.1) is 13.2 Å². The molecule has 5 atom stereocenters. The maximum Gasteiger partial charge on any atom is 0.217 e. The molecule has 1 rings (SSSR count). The van der Waals surface area contributed by atoms with Crippen molar-refractivity contribution in [2.75, 3.05) is 19.8 Å². The first-order chi connectivity index (χ1) is 9.51. The minimum Gasteiger partial charge on any atom is -0.394 e. The number of ether oxygens (including phenoxy) is 2. The van der Waals surface area contributed by atoms with Gasteiger partial charge in [-0.25, -0.2) is 0 Å². The van der Waals surface area contributed by atoms with Gasteiger partial charge in [0.1, 0.15) is 24.4 Å². The lowest BCUT2D eigenvalue weighted by molar-refractivity contribution is -0.269. The van der Waals surface area contributed by atoms with Crippen molar-refractivity contribution in [2.24, 2.45) is 5.11 Å². The first kappa shape index (κ1) is 16.6. The van der Waals surface area contributed by atoms with Crippen LogP contribution >= 0.6 is 0 Å². The Morgan fingerprint density at radius 2 is 2.20 bits per heavy atom. The average Bonchev–Trinajstić information content (AvgIpc) is 2.41. The predicted octanol–water partition coefficient (Wildman–Crippen LogP) is -1.74. The minimum absolute atomic E-state index is 0.00573. The van der Waals surface area contributed by atoms with Crippen LogP contribution in [0, 0.1) is 0 Å². The molecule has 0 aliphatic carbocycles. The van der Waals surface area contributed by atoms with Gasteiger partial charge in [-0.15, -0.1) is 0 Å². The lowest BCUT2D eigenvalue weighted by Crippen LogP contribution is -2.64. The zero-order valence-corrected chi connectivity index (χ0v) is 10.9. The lowest BCUT2D eigenvalue weighted by atomic mass is 9.97. The zero-order chi connectivity index (χ0) is 15.1. The fourth-order valence-electron chi connectivity index (χ4n) is 1.87. The van der Waals surface area contributed by atoms with Crippen molar-refractivity contribution < 1.29 is 29.6 Å². The van der Waals surface area contributed by atoms with E-state index in [9.17, 15) is 15.0 Å². The van der Waals surface area contributed by atoms with Crippen molar-refractivity contribution in [3.63, 3.8) is 0 Å². The number of carbonyl (C=O) groups is 1. The SMILES string of the molecule is CC(=O)N[C@H]1[C@@H](OCCN=[N+]=[N-])O[C@@H](CO)[C@H](O)[C@@H]1O. The molecule has 0 aromatic carbocycles. The Bertz CT molecular complexity index is 375. The number of hydrogen-bond acceptors (Lipinski definition) is 7. The van der Waals surface area contributed by atoms with Crippen LogP contribution in [0.2, 0.25) is 0 Å². The van der Waals surface area contributed by atoms with E-state index in [1.54, 1.807) is 0 Å². The summed E-state index contributed by atoms with van der Waals surface area (Å²) in [5.41, 5.74) is 8.14. The van der Waals surface area contributed by atoms with E-state index in [0.717, 1.165) is 0 Å². The zero-order valence-electron chi connectivity index (χ0n) is 10.9. The molecule has 0 radical (unpaired) electrons. The summed E-state index contributed by atoms with van der Waals surface area (Å²) in [6, 6.07) is -0.989. The Labute approximate surface area is 114 Å². The molecule has 0 saturated carbocycles. The van der Waals surface area contributed by atoms with Crippen molar-refractivity contribution in [2.45, 2.75) is 37.6 Å². The molecular weight excluding hydrogens is 272 g/mol. The largest absolute Gasteiger partial charge is 0.394 e. The molecule has 1 aliphatic rings. The van der Waals surface area contributed by atoms with E-state index in [2.05, 4.69) is 15.3 Å². The van der Waals surface area contributed by atoms with Crippen molar-refractivity contribution >= 4 is 5.91 Å². The van der Waals surface area contributed by atoms with Gasteiger partial charge in [-0.3, -0.25) is 4.79 Å². The maximum absolute atomic E-state index is 11.1. The van der Waals surface area contributed by atoms with Crippen LogP contribution in [-0.4, -0.2) is 71.6 Å². The molecule has 1 amide bonds. The number of amides is 1. The Balaban J connectivity index is 2.72. The lowest BCUT2D eigenvalue weighted by Gasteiger charge is -2.42. The topological polar surface area (TPSA) is 157 Å². The predicted molar refractivity (Wildman–Crippen MR) is 65.3 cm³/mol. The number of nitrogens with one attached hydrogen (secondary N) is 1. The fourth-order valence-corrected chi connectivity index (χ4v) is 1.87. The maximum atomic E-state index is 11.1. The normalized spacial score (nSPS) is 33.3. The average molecular weight is 290 g/mol. The number of nitrogens with zero attached hydrogens (tertiary/aromatic N) is 3. The van der Waals surface area contributed by atoms with Crippen LogP contribution in [0.3, 0.4) is 0 Å². The standard InChI is InChI=1S/C10H18N4O6/c1-5(16)13-7-9(18)8(17)6(4-15)20-10(7)19-3-2-12-14-11/h6-10,15,17-18H,2-4H2,1H3,(H,13,16)/t6-,7+,8-,9+,10-/m0/s1. The summed E-state index contributed by atoms with van der Waals surface area (Å²) in [6.07, 6.45) is -4.80. The third-order valence-corrected chi connectivity index (χ3v) is 2.79. The van der Waals surface area contributed by atoms with Gasteiger partial charge in [0.25, 0.3) is 0 Å². The van der Waals surface area contributed by atoms with Gasteiger partial charge in [0.2, 0.25) is 5.91 Å². The van der Waals surface area contributed by atoms with E-state index in [-0.39, 0.29) is 13.2 Å². The second kappa shape index (κ2) is 8.00. The van der Waals surface area contributed by atoms with Crippen LogP contribution in [0.1, 0.15) is 6.92 Å². The van der Waals surface area contributed by atoms with Gasteiger partial charge in [0, 0.05) is 18.4 Å². The molecule has 0 spiro atoms. The summed E-state index contributed by atoms with van der Waals surface area (Å²) in [6.45, 7) is 0.785. The number of carbonyl (C=O) groups excluding carboxylic acids is 1. The van der Waals surface area contributed by atoms with Gasteiger partial charge in [-0.05, 0) is 5.53 Å². The van der Waals surface area contributed by atoms with E-state index in [4.69, 9.17) is 20.1 Å². The number of hydrogen-bond donors (Lipinski definition) is 4. The molecule has 10 heteroatoms. The second-order valence-corrected chi connectivity index (χ2v) is 4.26. The first-order valence-corrected chi connectivity index (χ1v) is 6.03. The van der Waals surface area contributed by atoms with Crippen LogP contribution in [0.15, 0.2) is 5.11 Å². The molecular formula is C10H18N4O6. The van der Waals surface area contributed by atoms with E-state index in [0.29, 0.717) is 0 Å². The summed E-state index contributed by atoms with van der Waals surface area (Å²) in [5.74, 6) is -0.434. The van der Waals surface area contributed by atoms with Gasteiger partial charge < -0.3 is 30.1 Å². The molecule has 0 aromatic heterocycles. The summed E-state index contributed by atoms with van der Waals surface area (Å²) in [7, 11) is 0. The van der Waals surface area contributed by atoms with Crippen molar-refractivity contribution in [1.82, 2.24) is 5.32 Å². The molecule has 0 unspecified atom stereocenters. The molecule has 1 heterocycles. The van der Waals surface area contributed by atoms with Crippen molar-refractivity contribution in [1.29, 1.82) is 0 Å². The van der Waals surface area contributed by atoms with Gasteiger partial charge in [-0.2, -0.15) is 0 Å². The Morgan fingerprint density at radius 1 is 1.50 bits per heavy atom. The van der Waals surface area contributed by atoms with Gasteiger partial charge in [0.15, 0.2) is 6.29 Å².